The number of nitrogens with one attached hydrogen (secondary N) is 3. The van der Waals surface area contributed by atoms with Crippen molar-refractivity contribution in [1.82, 2.24) is 29.4 Å². The number of aromatic nitrogens is 2. The number of anilines is 2. The van der Waals surface area contributed by atoms with E-state index in [0.29, 0.717) is 41.5 Å². The first-order valence-electron chi connectivity index (χ1n) is 21.1. The summed E-state index contributed by atoms with van der Waals surface area (Å²) in [5, 5.41) is 13.7. The zero-order chi connectivity index (χ0) is 44.7. The number of aromatic amines is 1. The molecule has 3 aromatic carbocycles. The smallest absolute Gasteiger partial charge is 0.301 e. The third-order valence-electron chi connectivity index (χ3n) is 13.2. The minimum absolute atomic E-state index is 0.00299. The number of ketones is 1. The van der Waals surface area contributed by atoms with Crippen LogP contribution in [0.15, 0.2) is 73.1 Å². The Morgan fingerprint density at radius 2 is 1.77 bits per heavy atom. The van der Waals surface area contributed by atoms with Crippen molar-refractivity contribution in [2.24, 2.45) is 5.41 Å². The Hall–Kier alpha value is -6.15. The number of imide groups is 1. The molecule has 4 fully saturated rings. The molecule has 64 heavy (non-hydrogen) atoms. The monoisotopic (exact) mass is 896 g/mol. The van der Waals surface area contributed by atoms with E-state index in [9.17, 15) is 37.1 Å². The number of hydrogen-bond acceptors (Lipinski definition) is 10. The highest BCUT2D eigenvalue weighted by molar-refractivity contribution is 7.90. The number of alkyl halides is 1. The number of carbonyl (C=O) groups is 4. The van der Waals surface area contributed by atoms with Gasteiger partial charge < -0.3 is 24.8 Å². The average molecular weight is 897 g/mol. The summed E-state index contributed by atoms with van der Waals surface area (Å²) >= 11 is 0. The van der Waals surface area contributed by atoms with Gasteiger partial charge in [-0.05, 0) is 72.4 Å². The quantitative estimate of drug-likeness (QED) is 0.103. The Kier molecular flexibility index (Phi) is 10.3. The van der Waals surface area contributed by atoms with Gasteiger partial charge in [-0.1, -0.05) is 24.3 Å². The fraction of sp³-hybridized carbons (Fsp3) is 0.356. The van der Waals surface area contributed by atoms with Crippen LogP contribution in [0, 0.1) is 17.0 Å². The van der Waals surface area contributed by atoms with E-state index in [2.05, 4.69) is 25.1 Å². The van der Waals surface area contributed by atoms with Crippen LogP contribution in [-0.4, -0.2) is 119 Å². The van der Waals surface area contributed by atoms with Crippen LogP contribution in [0.2, 0.25) is 0 Å². The van der Waals surface area contributed by atoms with Crippen molar-refractivity contribution in [3.8, 4) is 11.1 Å². The van der Waals surface area contributed by atoms with Gasteiger partial charge in [0.25, 0.3) is 5.91 Å². The van der Waals surface area contributed by atoms with Crippen LogP contribution in [0.5, 0.6) is 0 Å². The van der Waals surface area contributed by atoms with Crippen molar-refractivity contribution >= 4 is 56.1 Å². The van der Waals surface area contributed by atoms with Crippen LogP contribution in [0.1, 0.15) is 69.2 Å². The van der Waals surface area contributed by atoms with E-state index in [1.807, 2.05) is 35.1 Å². The van der Waals surface area contributed by atoms with E-state index in [0.717, 1.165) is 65.0 Å². The molecular formula is C45H43F3N8O7S. The summed E-state index contributed by atoms with van der Waals surface area (Å²) in [7, 11) is -4.36. The molecule has 2 aromatic heterocycles. The maximum absolute atomic E-state index is 15.7. The lowest BCUT2D eigenvalue weighted by atomic mass is 9.72. The molecule has 3 atom stereocenters. The number of carbonyl (C=O) groups excluding carboxylic acids is 4. The fourth-order valence-electron chi connectivity index (χ4n) is 9.78. The summed E-state index contributed by atoms with van der Waals surface area (Å²) in [6, 6.07) is 15.9. The summed E-state index contributed by atoms with van der Waals surface area (Å²) < 4.78 is 73.0. The van der Waals surface area contributed by atoms with Gasteiger partial charge in [0.2, 0.25) is 17.6 Å². The molecule has 0 saturated carbocycles. The predicted molar refractivity (Wildman–Crippen MR) is 228 cm³/mol. The number of benzene rings is 3. The molecule has 1 spiro atoms. The molecule has 0 aliphatic carbocycles. The Balaban J connectivity index is 0.736. The molecule has 0 radical (unpaired) electrons. The highest BCUT2D eigenvalue weighted by Gasteiger charge is 2.51. The average Bonchev–Trinajstić information content (AvgIpc) is 3.97. The molecule has 10 rings (SSSR count). The first-order chi connectivity index (χ1) is 30.6. The van der Waals surface area contributed by atoms with Gasteiger partial charge in [0.1, 0.15) is 23.7 Å². The molecule has 2 unspecified atom stereocenters. The van der Waals surface area contributed by atoms with Crippen LogP contribution < -0.4 is 14.9 Å². The summed E-state index contributed by atoms with van der Waals surface area (Å²) in [5.74, 6) is -4.63. The van der Waals surface area contributed by atoms with Gasteiger partial charge in [-0.3, -0.25) is 29.2 Å². The van der Waals surface area contributed by atoms with Crippen LogP contribution in [0.25, 0.3) is 22.2 Å². The topological polar surface area (TPSA) is 188 Å². The van der Waals surface area contributed by atoms with Crippen molar-refractivity contribution in [1.29, 1.82) is 0 Å². The van der Waals surface area contributed by atoms with E-state index < -0.39 is 69.6 Å². The molecule has 5 aromatic rings. The second-order valence-electron chi connectivity index (χ2n) is 17.5. The lowest BCUT2D eigenvalue weighted by molar-refractivity contribution is -0.136. The van der Waals surface area contributed by atoms with Crippen molar-refractivity contribution in [2.45, 2.75) is 50.5 Å². The number of hydrogen-bond donors (Lipinski definition) is 4. The number of piperidine rings is 1. The van der Waals surface area contributed by atoms with Gasteiger partial charge in [-0.15, -0.1) is 0 Å². The molecule has 5 aliphatic heterocycles. The number of rotatable bonds is 12. The molecule has 19 heteroatoms. The second kappa shape index (κ2) is 15.8. The molecule has 332 valence electrons. The highest BCUT2D eigenvalue weighted by atomic mass is 32.2. The number of fused-ring (bicyclic) bond motifs is 2. The summed E-state index contributed by atoms with van der Waals surface area (Å²) in [6.45, 7) is 4.04. The Labute approximate surface area is 365 Å². The number of H-pyrrole nitrogens is 1. The lowest BCUT2D eigenvalue weighted by Crippen LogP contribution is -2.72. The van der Waals surface area contributed by atoms with E-state index in [4.69, 9.17) is 0 Å². The number of halogens is 3. The largest absolute Gasteiger partial charge is 0.388 e. The summed E-state index contributed by atoms with van der Waals surface area (Å²) in [4.78, 5) is 64.2. The third-order valence-corrected chi connectivity index (χ3v) is 14.6. The van der Waals surface area contributed by atoms with Gasteiger partial charge in [-0.2, -0.15) is 12.7 Å². The first kappa shape index (κ1) is 41.8. The third kappa shape index (κ3) is 7.48. The normalized spacial score (nSPS) is 21.5. The van der Waals surface area contributed by atoms with Crippen LogP contribution in [-0.2, 0) is 26.3 Å². The van der Waals surface area contributed by atoms with Gasteiger partial charge >= 0.3 is 10.2 Å². The van der Waals surface area contributed by atoms with E-state index in [1.54, 1.807) is 24.4 Å². The number of likely N-dealkylation sites (tertiary alicyclic amines) is 1. The van der Waals surface area contributed by atoms with Crippen molar-refractivity contribution in [2.75, 3.05) is 55.4 Å². The molecule has 15 nitrogen and oxygen atoms in total. The summed E-state index contributed by atoms with van der Waals surface area (Å²) in [5.41, 5.74) is 3.32. The number of nitrogens with zero attached hydrogens (tertiary/aromatic N) is 5. The molecular weight excluding hydrogens is 854 g/mol. The van der Waals surface area contributed by atoms with Gasteiger partial charge in [0, 0.05) is 104 Å². The number of aliphatic hydroxyl groups is 1. The minimum atomic E-state index is -4.36. The minimum Gasteiger partial charge on any atom is -0.388 e. The van der Waals surface area contributed by atoms with Crippen molar-refractivity contribution < 1.29 is 45.9 Å². The lowest BCUT2D eigenvalue weighted by Gasteiger charge is -2.61. The zero-order valence-corrected chi connectivity index (χ0v) is 35.1. The second-order valence-corrected chi connectivity index (χ2v) is 19.2. The van der Waals surface area contributed by atoms with Gasteiger partial charge in [0.05, 0.1) is 17.4 Å². The summed E-state index contributed by atoms with van der Waals surface area (Å²) in [6.07, 6.45) is 1.85. The van der Waals surface area contributed by atoms with Gasteiger partial charge in [0.15, 0.2) is 5.82 Å². The molecule has 3 amide bonds. The maximum atomic E-state index is 15.7. The van der Waals surface area contributed by atoms with E-state index in [1.165, 1.54) is 11.1 Å². The van der Waals surface area contributed by atoms with Crippen LogP contribution in [0.3, 0.4) is 0 Å². The first-order valence-corrected chi connectivity index (χ1v) is 22.5. The Morgan fingerprint density at radius 1 is 0.984 bits per heavy atom. The Bertz CT molecular complexity index is 2860. The van der Waals surface area contributed by atoms with E-state index in [-0.39, 0.29) is 48.7 Å². The van der Waals surface area contributed by atoms with Crippen LogP contribution >= 0.6 is 0 Å². The van der Waals surface area contributed by atoms with Crippen molar-refractivity contribution in [3.05, 3.63) is 113 Å². The molecule has 4 N–H and O–H groups in total. The number of amides is 3. The van der Waals surface area contributed by atoms with Crippen LogP contribution in [0.4, 0.5) is 24.5 Å². The van der Waals surface area contributed by atoms with Gasteiger partial charge in [-0.25, -0.2) is 18.2 Å². The maximum Gasteiger partial charge on any atom is 0.301 e. The standard InChI is InChI=1S/C45H43F3N8O7S/c46-29-11-14-55(20-29)64(62,63)52-35-8-7-34(47)39(40(35)48)41(59)33-18-50-42-32(33)16-27(17-49-42)25-1-4-30(5-2-25)54-23-45(24-54)21-53(22-45)13-12-37(57)26-3-6-31-28(15-26)19-56(44(31)61)36-9-10-38(58)51-43(36)60/h1-8,15-18,29,36-37,52,57H,9-14,19-24H2,(H,49,50)(H,51,58,60)/t29-,36?,37?/m1/s1. The molecule has 7 heterocycles. The molecule has 0 bridgehead atoms. The molecule has 5 aliphatic rings. The fourth-order valence-corrected chi connectivity index (χ4v) is 11.0. The Morgan fingerprint density at radius 3 is 2.50 bits per heavy atom. The highest BCUT2D eigenvalue weighted by Crippen LogP contribution is 2.43. The molecule has 4 saturated heterocycles. The zero-order valence-electron chi connectivity index (χ0n) is 34.3. The number of aliphatic hydroxyl groups excluding tert-OH is 1. The predicted octanol–water partition coefficient (Wildman–Crippen LogP) is 4.45. The van der Waals surface area contributed by atoms with E-state index >= 15 is 8.78 Å². The number of pyridine rings is 1. The van der Waals surface area contributed by atoms with Crippen molar-refractivity contribution in [3.63, 3.8) is 0 Å². The SMILES string of the molecule is O=C1CCC(N2Cc3cc(C(O)CCN4CC5(C4)CN(c4ccc(-c6cnc7[nH]cc(C(=O)c8c(F)ccc(NS(=O)(=O)N9CC[C@@H](F)C9)c8F)c7c6)cc4)C5)ccc3C2=O)C(=O)N1.